The number of hydrogen-bond acceptors (Lipinski definition) is 3. The molecule has 0 aromatic heterocycles. The van der Waals surface area contributed by atoms with Crippen LogP contribution in [0, 0.1) is 0 Å². The summed E-state index contributed by atoms with van der Waals surface area (Å²) in [4.78, 5) is 20.3. The minimum absolute atomic E-state index is 0.129. The summed E-state index contributed by atoms with van der Waals surface area (Å²) in [5.41, 5.74) is 0.650. The third-order valence-corrected chi connectivity index (χ3v) is 1.64. The number of ether oxygens (including phenoxy) is 1. The second kappa shape index (κ2) is 5.24. The Kier molecular flexibility index (Phi) is 3.94. The molecule has 0 aliphatic rings. The average Bonchev–Trinajstić information content (AvgIpc) is 2.17. The van der Waals surface area contributed by atoms with Gasteiger partial charge < -0.3 is 10.1 Å². The maximum atomic E-state index is 10.3. The van der Waals surface area contributed by atoms with Gasteiger partial charge in [0, 0.05) is 17.3 Å². The van der Waals surface area contributed by atoms with Crippen LogP contribution in [0.5, 0.6) is 0 Å². The van der Waals surface area contributed by atoms with E-state index >= 15 is 0 Å². The molecule has 0 atom stereocenters. The average molecular weight is 214 g/mol. The highest BCUT2D eigenvalue weighted by molar-refractivity contribution is 6.61. The molecule has 0 saturated carbocycles. The normalized spacial score (nSPS) is 9.21. The van der Waals surface area contributed by atoms with Crippen molar-refractivity contribution in [2.45, 2.75) is 6.61 Å². The van der Waals surface area contributed by atoms with Crippen molar-refractivity contribution in [3.8, 4) is 0 Å². The van der Waals surface area contributed by atoms with E-state index < -0.39 is 5.43 Å². The summed E-state index contributed by atoms with van der Waals surface area (Å²) >= 11 is 4.99. The zero-order valence-electron chi connectivity index (χ0n) is 7.20. The maximum Gasteiger partial charge on any atom is 0.404 e. The van der Waals surface area contributed by atoms with Crippen molar-refractivity contribution >= 4 is 29.1 Å². The van der Waals surface area contributed by atoms with Crippen molar-refractivity contribution in [1.82, 2.24) is 0 Å². The zero-order valence-corrected chi connectivity index (χ0v) is 7.95. The largest absolute Gasteiger partial charge is 0.449 e. The van der Waals surface area contributed by atoms with Gasteiger partial charge in [0.15, 0.2) is 0 Å². The van der Waals surface area contributed by atoms with Crippen LogP contribution < -0.4 is 5.32 Å². The highest BCUT2D eigenvalue weighted by atomic mass is 35.5. The molecular formula is C9H8ClNO3. The first-order valence-corrected chi connectivity index (χ1v) is 4.21. The van der Waals surface area contributed by atoms with Crippen LogP contribution in [0.1, 0.15) is 5.56 Å². The number of carbonyl (C=O) groups excluding carboxylic acids is 2. The molecule has 0 bridgehead atoms. The minimum Gasteiger partial charge on any atom is -0.449 e. The monoisotopic (exact) mass is 213 g/mol. The molecule has 0 aliphatic carbocycles. The first-order valence-electron chi connectivity index (χ1n) is 3.84. The van der Waals surface area contributed by atoms with Gasteiger partial charge in [0.05, 0.1) is 0 Å². The number of benzene rings is 1. The second-order valence-corrected chi connectivity index (χ2v) is 2.79. The maximum absolute atomic E-state index is 10.3. The first-order chi connectivity index (χ1) is 6.72. The third-order valence-electron chi connectivity index (χ3n) is 1.53. The van der Waals surface area contributed by atoms with E-state index in [9.17, 15) is 9.59 Å². The number of carbonyl (C=O) groups is 2. The van der Waals surface area contributed by atoms with Gasteiger partial charge in [-0.1, -0.05) is 12.1 Å². The number of nitrogens with one attached hydrogen (secondary N) is 1. The van der Waals surface area contributed by atoms with Gasteiger partial charge in [-0.15, -0.1) is 0 Å². The Labute approximate surface area is 85.8 Å². The Balaban J connectivity index is 2.54. The fourth-order valence-corrected chi connectivity index (χ4v) is 0.960. The first kappa shape index (κ1) is 10.5. The lowest BCUT2D eigenvalue weighted by atomic mass is 10.2. The van der Waals surface area contributed by atoms with E-state index in [4.69, 9.17) is 11.6 Å². The lowest BCUT2D eigenvalue weighted by Gasteiger charge is -2.02. The molecule has 0 spiro atoms. The molecule has 5 heteroatoms. The van der Waals surface area contributed by atoms with Crippen LogP contribution in [0.2, 0.25) is 0 Å². The summed E-state index contributed by atoms with van der Waals surface area (Å²) in [6, 6.07) is 6.86. The van der Waals surface area contributed by atoms with Gasteiger partial charge >= 0.3 is 5.43 Å². The SMILES string of the molecule is O=CNc1ccc(COC(=O)Cl)cc1. The van der Waals surface area contributed by atoms with E-state index in [1.807, 2.05) is 0 Å². The highest BCUT2D eigenvalue weighted by Gasteiger charge is 1.97. The molecule has 4 nitrogen and oxygen atoms in total. The molecule has 1 N–H and O–H groups in total. The minimum atomic E-state index is -0.833. The lowest BCUT2D eigenvalue weighted by molar-refractivity contribution is -0.105. The molecule has 1 rings (SSSR count). The van der Waals surface area contributed by atoms with Crippen LogP contribution in [-0.4, -0.2) is 11.8 Å². The Hall–Kier alpha value is -1.55. The van der Waals surface area contributed by atoms with Crippen molar-refractivity contribution in [2.75, 3.05) is 5.32 Å². The second-order valence-electron chi connectivity index (χ2n) is 2.49. The number of anilines is 1. The predicted octanol–water partition coefficient (Wildman–Crippen LogP) is 2.13. The van der Waals surface area contributed by atoms with Gasteiger partial charge in [0.1, 0.15) is 6.61 Å². The zero-order chi connectivity index (χ0) is 10.4. The quantitative estimate of drug-likeness (QED) is 0.616. The summed E-state index contributed by atoms with van der Waals surface area (Å²) < 4.78 is 4.56. The molecule has 14 heavy (non-hydrogen) atoms. The van der Waals surface area contributed by atoms with E-state index in [-0.39, 0.29) is 6.61 Å². The van der Waals surface area contributed by atoms with Crippen LogP contribution in [-0.2, 0) is 16.1 Å². The molecule has 0 radical (unpaired) electrons. The third kappa shape index (κ3) is 3.45. The highest BCUT2D eigenvalue weighted by Crippen LogP contribution is 2.09. The Morgan fingerprint density at radius 3 is 2.57 bits per heavy atom. The number of hydrogen-bond donors (Lipinski definition) is 1. The predicted molar refractivity (Wildman–Crippen MR) is 52.2 cm³/mol. The van der Waals surface area contributed by atoms with Crippen molar-refractivity contribution < 1.29 is 14.3 Å². The van der Waals surface area contributed by atoms with Crippen LogP contribution in [0.4, 0.5) is 10.5 Å². The van der Waals surface area contributed by atoms with Crippen molar-refractivity contribution in [3.05, 3.63) is 29.8 Å². The molecule has 0 aliphatic heterocycles. The molecule has 1 amide bonds. The van der Waals surface area contributed by atoms with Crippen molar-refractivity contribution in [1.29, 1.82) is 0 Å². The molecule has 1 aromatic carbocycles. The number of halogens is 1. The Bertz CT molecular complexity index is 323. The molecule has 0 unspecified atom stereocenters. The fourth-order valence-electron chi connectivity index (χ4n) is 0.905. The lowest BCUT2D eigenvalue weighted by Crippen LogP contribution is -1.96. The molecular weight excluding hydrogens is 206 g/mol. The van der Waals surface area contributed by atoms with Crippen molar-refractivity contribution in [2.24, 2.45) is 0 Å². The Morgan fingerprint density at radius 1 is 1.43 bits per heavy atom. The van der Waals surface area contributed by atoms with Gasteiger partial charge in [0.25, 0.3) is 0 Å². The number of rotatable bonds is 4. The van der Waals surface area contributed by atoms with Gasteiger partial charge in [-0.05, 0) is 17.7 Å². The topological polar surface area (TPSA) is 55.4 Å². The van der Waals surface area contributed by atoms with Gasteiger partial charge in [0.2, 0.25) is 6.41 Å². The van der Waals surface area contributed by atoms with E-state index in [0.29, 0.717) is 12.1 Å². The van der Waals surface area contributed by atoms with E-state index in [1.165, 1.54) is 0 Å². The van der Waals surface area contributed by atoms with Gasteiger partial charge in [-0.2, -0.15) is 0 Å². The van der Waals surface area contributed by atoms with Gasteiger partial charge in [-0.3, -0.25) is 4.79 Å². The molecule has 0 heterocycles. The molecule has 74 valence electrons. The van der Waals surface area contributed by atoms with Gasteiger partial charge in [-0.25, -0.2) is 4.79 Å². The molecule has 0 saturated heterocycles. The Morgan fingerprint density at radius 2 is 2.07 bits per heavy atom. The molecule has 0 fully saturated rings. The van der Waals surface area contributed by atoms with Crippen LogP contribution in [0.3, 0.4) is 0 Å². The van der Waals surface area contributed by atoms with E-state index in [1.54, 1.807) is 24.3 Å². The summed E-state index contributed by atoms with van der Waals surface area (Å²) in [7, 11) is 0. The van der Waals surface area contributed by atoms with Crippen molar-refractivity contribution in [3.63, 3.8) is 0 Å². The molecule has 1 aromatic rings. The summed E-state index contributed by atoms with van der Waals surface area (Å²) in [5, 5.41) is 2.49. The summed E-state index contributed by atoms with van der Waals surface area (Å²) in [6.45, 7) is 0.129. The summed E-state index contributed by atoms with van der Waals surface area (Å²) in [5.74, 6) is 0. The van der Waals surface area contributed by atoms with Crippen LogP contribution in [0.15, 0.2) is 24.3 Å². The standard InChI is InChI=1S/C9H8ClNO3/c10-9(13)14-5-7-1-3-8(4-2-7)11-6-12/h1-4,6H,5H2,(H,11,12). The van der Waals surface area contributed by atoms with E-state index in [0.717, 1.165) is 5.56 Å². The number of amides is 1. The smallest absolute Gasteiger partial charge is 0.404 e. The fraction of sp³-hybridized carbons (Fsp3) is 0.111. The van der Waals surface area contributed by atoms with Crippen LogP contribution >= 0.6 is 11.6 Å². The van der Waals surface area contributed by atoms with Crippen LogP contribution in [0.25, 0.3) is 0 Å². The summed E-state index contributed by atoms with van der Waals surface area (Å²) in [6.07, 6.45) is 0.591. The van der Waals surface area contributed by atoms with E-state index in [2.05, 4.69) is 10.1 Å².